The first-order valence-electron chi connectivity index (χ1n) is 6.32. The smallest absolute Gasteiger partial charge is 0.0783 e. The van der Waals surface area contributed by atoms with Crippen molar-refractivity contribution in [3.63, 3.8) is 0 Å². The highest BCUT2D eigenvalue weighted by atomic mass is 16.3. The third-order valence-electron chi connectivity index (χ3n) is 2.97. The van der Waals surface area contributed by atoms with E-state index in [2.05, 4.69) is 51.2 Å². The predicted octanol–water partition coefficient (Wildman–Crippen LogP) is 2.59. The first-order chi connectivity index (χ1) is 7.80. The number of benzene rings is 1. The second-order valence-corrected chi connectivity index (χ2v) is 5.64. The molecule has 17 heavy (non-hydrogen) atoms. The van der Waals surface area contributed by atoms with Crippen molar-refractivity contribution < 1.29 is 5.11 Å². The maximum Gasteiger partial charge on any atom is 0.0783 e. The molecule has 1 aromatic rings. The molecule has 0 aliphatic heterocycles. The molecular weight excluding hydrogens is 210 g/mol. The molecule has 96 valence electrons. The zero-order valence-corrected chi connectivity index (χ0v) is 11.7. The summed E-state index contributed by atoms with van der Waals surface area (Å²) in [5.41, 5.74) is 3.04. The van der Waals surface area contributed by atoms with Gasteiger partial charge in [0.1, 0.15) is 0 Å². The van der Waals surface area contributed by atoms with Crippen LogP contribution in [0.15, 0.2) is 18.2 Å². The molecular formula is C15H25NO. The van der Waals surface area contributed by atoms with Gasteiger partial charge in [-0.15, -0.1) is 0 Å². The van der Waals surface area contributed by atoms with Crippen molar-refractivity contribution in [2.75, 3.05) is 6.54 Å². The topological polar surface area (TPSA) is 32.3 Å². The monoisotopic (exact) mass is 235 g/mol. The van der Waals surface area contributed by atoms with Crippen molar-refractivity contribution in [3.05, 3.63) is 34.9 Å². The van der Waals surface area contributed by atoms with Crippen LogP contribution in [0.1, 0.15) is 37.5 Å². The molecule has 0 aliphatic carbocycles. The summed E-state index contributed by atoms with van der Waals surface area (Å²) >= 11 is 0. The molecule has 1 atom stereocenters. The molecule has 2 nitrogen and oxygen atoms in total. The number of aliphatic hydroxyl groups is 1. The minimum absolute atomic E-state index is 0.403. The second-order valence-electron chi connectivity index (χ2n) is 5.64. The SMILES string of the molecule is Cc1ccc(C)c(CC(C)(O)CNC(C)C)c1. The van der Waals surface area contributed by atoms with Crippen molar-refractivity contribution >= 4 is 0 Å². The molecule has 0 spiro atoms. The highest BCUT2D eigenvalue weighted by molar-refractivity contribution is 5.31. The van der Waals surface area contributed by atoms with Crippen LogP contribution in [-0.4, -0.2) is 23.3 Å². The average molecular weight is 235 g/mol. The van der Waals surface area contributed by atoms with E-state index >= 15 is 0 Å². The van der Waals surface area contributed by atoms with Crippen LogP contribution in [-0.2, 0) is 6.42 Å². The van der Waals surface area contributed by atoms with E-state index in [0.29, 0.717) is 19.0 Å². The summed E-state index contributed by atoms with van der Waals surface area (Å²) in [5.74, 6) is 0. The highest BCUT2D eigenvalue weighted by Crippen LogP contribution is 2.17. The molecule has 0 fully saturated rings. The van der Waals surface area contributed by atoms with Gasteiger partial charge in [0, 0.05) is 19.0 Å². The molecule has 1 unspecified atom stereocenters. The lowest BCUT2D eigenvalue weighted by Crippen LogP contribution is -2.42. The Morgan fingerprint density at radius 1 is 1.29 bits per heavy atom. The molecule has 1 aromatic carbocycles. The first-order valence-corrected chi connectivity index (χ1v) is 6.32. The fourth-order valence-corrected chi connectivity index (χ4v) is 1.89. The molecule has 2 heteroatoms. The quantitative estimate of drug-likeness (QED) is 0.822. The molecule has 0 saturated carbocycles. The molecule has 0 aliphatic rings. The van der Waals surface area contributed by atoms with Gasteiger partial charge in [0.25, 0.3) is 0 Å². The van der Waals surface area contributed by atoms with Crippen molar-refractivity contribution in [2.24, 2.45) is 0 Å². The van der Waals surface area contributed by atoms with Gasteiger partial charge in [-0.3, -0.25) is 0 Å². The molecule has 2 N–H and O–H groups in total. The number of hydrogen-bond donors (Lipinski definition) is 2. The van der Waals surface area contributed by atoms with Crippen LogP contribution in [0.4, 0.5) is 0 Å². The lowest BCUT2D eigenvalue weighted by Gasteiger charge is -2.26. The molecule has 0 amide bonds. The maximum absolute atomic E-state index is 10.4. The van der Waals surface area contributed by atoms with Crippen LogP contribution in [0.5, 0.6) is 0 Å². The zero-order valence-electron chi connectivity index (χ0n) is 11.7. The van der Waals surface area contributed by atoms with Crippen molar-refractivity contribution in [1.82, 2.24) is 5.32 Å². The van der Waals surface area contributed by atoms with Crippen LogP contribution in [0, 0.1) is 13.8 Å². The first kappa shape index (κ1) is 14.2. The molecule has 0 saturated heterocycles. The summed E-state index contributed by atoms with van der Waals surface area (Å²) in [6.07, 6.45) is 0.695. The van der Waals surface area contributed by atoms with Crippen LogP contribution in [0.25, 0.3) is 0 Å². The van der Waals surface area contributed by atoms with Crippen LogP contribution < -0.4 is 5.32 Å². The van der Waals surface area contributed by atoms with E-state index < -0.39 is 5.60 Å². The Bertz CT molecular complexity index is 369. The standard InChI is InChI=1S/C15H25NO/c1-11(2)16-10-15(5,17)9-14-8-12(3)6-7-13(14)4/h6-8,11,16-17H,9-10H2,1-5H3. The lowest BCUT2D eigenvalue weighted by atomic mass is 9.92. The van der Waals surface area contributed by atoms with Gasteiger partial charge < -0.3 is 10.4 Å². The maximum atomic E-state index is 10.4. The van der Waals surface area contributed by atoms with E-state index in [1.807, 2.05) is 6.92 Å². The minimum atomic E-state index is -0.692. The zero-order chi connectivity index (χ0) is 13.1. The Hall–Kier alpha value is -0.860. The predicted molar refractivity (Wildman–Crippen MR) is 73.4 cm³/mol. The van der Waals surface area contributed by atoms with Gasteiger partial charge in [-0.2, -0.15) is 0 Å². The fraction of sp³-hybridized carbons (Fsp3) is 0.600. The lowest BCUT2D eigenvalue weighted by molar-refractivity contribution is 0.0580. The summed E-state index contributed by atoms with van der Waals surface area (Å²) in [6, 6.07) is 6.80. The van der Waals surface area contributed by atoms with Crippen molar-refractivity contribution in [2.45, 2.75) is 52.7 Å². The largest absolute Gasteiger partial charge is 0.389 e. The van der Waals surface area contributed by atoms with Crippen LogP contribution >= 0.6 is 0 Å². The van der Waals surface area contributed by atoms with E-state index in [0.717, 1.165) is 0 Å². The third kappa shape index (κ3) is 4.88. The average Bonchev–Trinajstić information content (AvgIpc) is 2.20. The van der Waals surface area contributed by atoms with Gasteiger partial charge in [0.15, 0.2) is 0 Å². The normalized spacial score (nSPS) is 15.0. The molecule has 0 bridgehead atoms. The number of aryl methyl sites for hydroxylation is 2. The van der Waals surface area contributed by atoms with E-state index in [4.69, 9.17) is 0 Å². The Morgan fingerprint density at radius 2 is 1.94 bits per heavy atom. The number of rotatable bonds is 5. The van der Waals surface area contributed by atoms with Gasteiger partial charge in [0.2, 0.25) is 0 Å². The van der Waals surface area contributed by atoms with E-state index in [1.54, 1.807) is 0 Å². The summed E-state index contributed by atoms with van der Waals surface area (Å²) in [4.78, 5) is 0. The summed E-state index contributed by atoms with van der Waals surface area (Å²) < 4.78 is 0. The second kappa shape index (κ2) is 5.65. The molecule has 1 rings (SSSR count). The Kier molecular flexibility index (Phi) is 4.72. The van der Waals surface area contributed by atoms with Crippen LogP contribution in [0.3, 0.4) is 0 Å². The summed E-state index contributed by atoms with van der Waals surface area (Å²) in [5, 5.41) is 13.7. The van der Waals surface area contributed by atoms with Crippen molar-refractivity contribution in [3.8, 4) is 0 Å². The van der Waals surface area contributed by atoms with E-state index in [9.17, 15) is 5.11 Å². The number of nitrogens with one attached hydrogen (secondary N) is 1. The number of hydrogen-bond acceptors (Lipinski definition) is 2. The minimum Gasteiger partial charge on any atom is -0.389 e. The summed E-state index contributed by atoms with van der Waals surface area (Å²) in [6.45, 7) is 10.9. The fourth-order valence-electron chi connectivity index (χ4n) is 1.89. The third-order valence-corrected chi connectivity index (χ3v) is 2.97. The Balaban J connectivity index is 2.71. The molecule has 0 heterocycles. The Morgan fingerprint density at radius 3 is 2.53 bits per heavy atom. The van der Waals surface area contributed by atoms with Gasteiger partial charge in [-0.1, -0.05) is 37.6 Å². The van der Waals surface area contributed by atoms with Gasteiger partial charge in [0.05, 0.1) is 5.60 Å². The van der Waals surface area contributed by atoms with E-state index in [-0.39, 0.29) is 0 Å². The molecule has 0 radical (unpaired) electrons. The van der Waals surface area contributed by atoms with Gasteiger partial charge >= 0.3 is 0 Å². The van der Waals surface area contributed by atoms with Gasteiger partial charge in [-0.05, 0) is 31.9 Å². The Labute approximate surface area is 105 Å². The van der Waals surface area contributed by atoms with Crippen molar-refractivity contribution in [1.29, 1.82) is 0 Å². The van der Waals surface area contributed by atoms with E-state index in [1.165, 1.54) is 16.7 Å². The molecule has 0 aromatic heterocycles. The van der Waals surface area contributed by atoms with Crippen LogP contribution in [0.2, 0.25) is 0 Å². The highest BCUT2D eigenvalue weighted by Gasteiger charge is 2.21. The van der Waals surface area contributed by atoms with Gasteiger partial charge in [-0.25, -0.2) is 0 Å². The summed E-state index contributed by atoms with van der Waals surface area (Å²) in [7, 11) is 0.